The highest BCUT2D eigenvalue weighted by Crippen LogP contribution is 2.34. The van der Waals surface area contributed by atoms with E-state index in [0.29, 0.717) is 25.3 Å². The van der Waals surface area contributed by atoms with Crippen molar-refractivity contribution in [2.24, 2.45) is 5.92 Å². The van der Waals surface area contributed by atoms with Crippen LogP contribution in [0.3, 0.4) is 0 Å². The predicted octanol–water partition coefficient (Wildman–Crippen LogP) is 4.56. The Morgan fingerprint density at radius 2 is 1.70 bits per heavy atom. The first kappa shape index (κ1) is 26.5. The zero-order chi connectivity index (χ0) is 27.5. The Balaban J connectivity index is 1.12. The fourth-order valence-corrected chi connectivity index (χ4v) is 6.37. The summed E-state index contributed by atoms with van der Waals surface area (Å²) in [5.41, 5.74) is 4.88. The van der Waals surface area contributed by atoms with Crippen LogP contribution < -0.4 is 15.4 Å². The van der Waals surface area contributed by atoms with Crippen LogP contribution >= 0.6 is 0 Å². The number of amides is 2. The van der Waals surface area contributed by atoms with E-state index in [0.717, 1.165) is 60.4 Å². The minimum atomic E-state index is -0.150. The zero-order valence-corrected chi connectivity index (χ0v) is 23.1. The average Bonchev–Trinajstić information content (AvgIpc) is 3.00. The second kappa shape index (κ2) is 11.8. The molecule has 0 spiro atoms. The van der Waals surface area contributed by atoms with Crippen LogP contribution in [0.1, 0.15) is 47.2 Å². The second-order valence-corrected chi connectivity index (χ2v) is 11.2. The number of nitrogens with zero attached hydrogens (tertiary/aromatic N) is 2. The van der Waals surface area contributed by atoms with E-state index < -0.39 is 0 Å². The number of hydrogen-bond donors (Lipinski definition) is 2. The van der Waals surface area contributed by atoms with Crippen LogP contribution in [-0.4, -0.2) is 60.1 Å². The van der Waals surface area contributed by atoms with Gasteiger partial charge in [0, 0.05) is 43.3 Å². The molecule has 40 heavy (non-hydrogen) atoms. The van der Waals surface area contributed by atoms with E-state index >= 15 is 0 Å². The van der Waals surface area contributed by atoms with Gasteiger partial charge in [-0.3, -0.25) is 19.8 Å². The van der Waals surface area contributed by atoms with Gasteiger partial charge in [0.2, 0.25) is 5.91 Å². The highest BCUT2D eigenvalue weighted by molar-refractivity contribution is 5.96. The molecule has 2 saturated heterocycles. The van der Waals surface area contributed by atoms with Crippen molar-refractivity contribution in [1.29, 1.82) is 0 Å². The number of ether oxygens (including phenoxy) is 1. The number of rotatable bonds is 6. The fraction of sp³-hybridized carbons (Fsp3) is 0.394. The van der Waals surface area contributed by atoms with E-state index in [1.54, 1.807) is 0 Å². The summed E-state index contributed by atoms with van der Waals surface area (Å²) in [6.07, 6.45) is 4.19. The van der Waals surface area contributed by atoms with Gasteiger partial charge in [-0.15, -0.1) is 0 Å². The Bertz CT molecular complexity index is 1350. The van der Waals surface area contributed by atoms with Gasteiger partial charge in [0.05, 0.1) is 5.92 Å². The summed E-state index contributed by atoms with van der Waals surface area (Å²) in [6, 6.07) is 24.3. The SMILES string of the molecule is Cc1cccc(OCc2ccccc2)c1-c1cccc(C(=O)N2CCN(C3NC(=O)C4CCCCC4N3)CC2)c1. The monoisotopic (exact) mass is 538 g/mol. The Labute approximate surface area is 236 Å². The molecule has 2 amide bonds. The summed E-state index contributed by atoms with van der Waals surface area (Å²) >= 11 is 0. The number of carbonyl (C=O) groups is 2. The maximum Gasteiger partial charge on any atom is 0.253 e. The number of nitrogens with one attached hydrogen (secondary N) is 2. The molecule has 2 N–H and O–H groups in total. The minimum absolute atomic E-state index is 0.0369. The molecule has 3 atom stereocenters. The van der Waals surface area contributed by atoms with Gasteiger partial charge >= 0.3 is 0 Å². The van der Waals surface area contributed by atoms with Crippen LogP contribution in [0, 0.1) is 12.8 Å². The van der Waals surface area contributed by atoms with Crippen molar-refractivity contribution in [1.82, 2.24) is 20.4 Å². The van der Waals surface area contributed by atoms with E-state index in [1.807, 2.05) is 59.5 Å². The number of fused-ring (bicyclic) bond motifs is 1. The highest BCUT2D eigenvalue weighted by atomic mass is 16.5. The average molecular weight is 539 g/mol. The minimum Gasteiger partial charge on any atom is -0.488 e. The molecular weight excluding hydrogens is 500 g/mol. The molecule has 1 aliphatic carbocycles. The molecule has 0 radical (unpaired) electrons. The van der Waals surface area contributed by atoms with Crippen LogP contribution in [0.5, 0.6) is 5.75 Å². The Kier molecular flexibility index (Phi) is 7.84. The number of piperazine rings is 1. The van der Waals surface area contributed by atoms with Crippen LogP contribution in [0.25, 0.3) is 11.1 Å². The van der Waals surface area contributed by atoms with Gasteiger partial charge in [0.1, 0.15) is 18.6 Å². The molecule has 3 aliphatic rings. The first-order valence-electron chi connectivity index (χ1n) is 14.5. The summed E-state index contributed by atoms with van der Waals surface area (Å²) in [5, 5.41) is 6.85. The first-order chi connectivity index (χ1) is 19.6. The fourth-order valence-electron chi connectivity index (χ4n) is 6.37. The molecule has 6 rings (SSSR count). The van der Waals surface area contributed by atoms with Gasteiger partial charge in [0.25, 0.3) is 5.91 Å². The molecule has 0 aromatic heterocycles. The third kappa shape index (κ3) is 5.62. The van der Waals surface area contributed by atoms with Crippen molar-refractivity contribution in [2.45, 2.75) is 51.5 Å². The third-order valence-corrected chi connectivity index (χ3v) is 8.59. The number of benzene rings is 3. The van der Waals surface area contributed by atoms with Crippen LogP contribution in [0.2, 0.25) is 0 Å². The van der Waals surface area contributed by atoms with E-state index in [4.69, 9.17) is 4.74 Å². The van der Waals surface area contributed by atoms with Gasteiger partial charge in [0.15, 0.2) is 0 Å². The van der Waals surface area contributed by atoms with Gasteiger partial charge in [-0.25, -0.2) is 0 Å². The van der Waals surface area contributed by atoms with Crippen LogP contribution in [0.4, 0.5) is 0 Å². The maximum atomic E-state index is 13.6. The molecule has 3 fully saturated rings. The topological polar surface area (TPSA) is 73.9 Å². The molecular formula is C33H38N4O3. The lowest BCUT2D eigenvalue weighted by Crippen LogP contribution is -2.69. The lowest BCUT2D eigenvalue weighted by Gasteiger charge is -2.46. The van der Waals surface area contributed by atoms with Crippen molar-refractivity contribution in [3.8, 4) is 16.9 Å². The van der Waals surface area contributed by atoms with Crippen molar-refractivity contribution < 1.29 is 14.3 Å². The van der Waals surface area contributed by atoms with E-state index in [-0.39, 0.29) is 30.1 Å². The quantitative estimate of drug-likeness (QED) is 0.481. The third-order valence-electron chi connectivity index (χ3n) is 8.59. The summed E-state index contributed by atoms with van der Waals surface area (Å²) in [4.78, 5) is 30.5. The highest BCUT2D eigenvalue weighted by Gasteiger charge is 2.40. The van der Waals surface area contributed by atoms with Crippen LogP contribution in [0.15, 0.2) is 72.8 Å². The maximum absolute atomic E-state index is 13.6. The van der Waals surface area contributed by atoms with Gasteiger partial charge in [-0.2, -0.15) is 0 Å². The van der Waals surface area contributed by atoms with Crippen LogP contribution in [-0.2, 0) is 11.4 Å². The molecule has 0 bridgehead atoms. The molecule has 208 valence electrons. The summed E-state index contributed by atoms with van der Waals surface area (Å²) in [6.45, 7) is 5.25. The smallest absolute Gasteiger partial charge is 0.253 e. The zero-order valence-electron chi connectivity index (χ0n) is 23.1. The standard InChI is InChI=1S/C33H38N4O3/c1-23-9-7-16-29(40-22-24-10-3-2-4-11-24)30(23)25-12-8-13-26(21-25)32(39)36-17-19-37(20-18-36)33-34-28-15-6-5-14-27(28)31(38)35-33/h2-4,7-13,16,21,27-28,33-34H,5-6,14-15,17-20,22H2,1H3,(H,35,38). The van der Waals surface area contributed by atoms with Crippen molar-refractivity contribution >= 4 is 11.8 Å². The lowest BCUT2D eigenvalue weighted by molar-refractivity contribution is -0.134. The Hall–Kier alpha value is -3.68. The Morgan fingerprint density at radius 3 is 2.52 bits per heavy atom. The number of aryl methyl sites for hydroxylation is 1. The molecule has 3 aromatic rings. The second-order valence-electron chi connectivity index (χ2n) is 11.2. The molecule has 7 heteroatoms. The lowest BCUT2D eigenvalue weighted by atomic mass is 9.82. The molecule has 2 heterocycles. The van der Waals surface area contributed by atoms with E-state index in [2.05, 4.69) is 40.7 Å². The Morgan fingerprint density at radius 1 is 0.925 bits per heavy atom. The summed E-state index contributed by atoms with van der Waals surface area (Å²) in [7, 11) is 0. The van der Waals surface area contributed by atoms with Crippen molar-refractivity contribution in [3.05, 3.63) is 89.5 Å². The molecule has 7 nitrogen and oxygen atoms in total. The number of hydrogen-bond acceptors (Lipinski definition) is 5. The van der Waals surface area contributed by atoms with E-state index in [9.17, 15) is 9.59 Å². The predicted molar refractivity (Wildman–Crippen MR) is 156 cm³/mol. The number of carbonyl (C=O) groups excluding carboxylic acids is 2. The molecule has 3 unspecified atom stereocenters. The van der Waals surface area contributed by atoms with E-state index in [1.165, 1.54) is 6.42 Å². The normalized spacial score (nSPS) is 23.3. The molecule has 3 aromatic carbocycles. The molecule has 1 saturated carbocycles. The van der Waals surface area contributed by atoms with Crippen molar-refractivity contribution in [3.63, 3.8) is 0 Å². The van der Waals surface area contributed by atoms with Gasteiger partial charge in [-0.05, 0) is 54.7 Å². The van der Waals surface area contributed by atoms with Crippen molar-refractivity contribution in [2.75, 3.05) is 26.2 Å². The summed E-state index contributed by atoms with van der Waals surface area (Å²) in [5.74, 6) is 1.11. The molecule has 2 aliphatic heterocycles. The van der Waals surface area contributed by atoms with Gasteiger partial charge in [-0.1, -0.05) is 67.4 Å². The first-order valence-corrected chi connectivity index (χ1v) is 14.5. The van der Waals surface area contributed by atoms with Gasteiger partial charge < -0.3 is 15.0 Å². The summed E-state index contributed by atoms with van der Waals surface area (Å²) < 4.78 is 6.25. The largest absolute Gasteiger partial charge is 0.488 e.